The highest BCUT2D eigenvalue weighted by Crippen LogP contribution is 2.37. The van der Waals surface area contributed by atoms with Crippen molar-refractivity contribution in [2.75, 3.05) is 16.0 Å². The first kappa shape index (κ1) is 26.1. The Morgan fingerprint density at radius 1 is 0.927 bits per heavy atom. The highest BCUT2D eigenvalue weighted by atomic mass is 19.4. The Kier molecular flexibility index (Phi) is 6.66. The highest BCUT2D eigenvalue weighted by Gasteiger charge is 2.33. The number of pyridine rings is 1. The Bertz CT molecular complexity index is 1630. The van der Waals surface area contributed by atoms with Gasteiger partial charge in [0.2, 0.25) is 0 Å². The van der Waals surface area contributed by atoms with Crippen LogP contribution in [0.15, 0.2) is 88.6 Å². The molecule has 0 spiro atoms. The number of carbonyl (C=O) groups excluding carboxylic acids is 1. The van der Waals surface area contributed by atoms with Crippen LogP contribution in [0.1, 0.15) is 24.8 Å². The number of hydrogen-bond donors (Lipinski definition) is 2. The summed E-state index contributed by atoms with van der Waals surface area (Å²) in [7, 11) is 0. The molecule has 0 aliphatic heterocycles. The van der Waals surface area contributed by atoms with E-state index in [2.05, 4.69) is 20.3 Å². The average molecular weight is 561 g/mol. The first-order chi connectivity index (χ1) is 19.8. The van der Waals surface area contributed by atoms with Gasteiger partial charge in [0.15, 0.2) is 30.1 Å². The summed E-state index contributed by atoms with van der Waals surface area (Å²) in [6, 6.07) is 12.6. The number of amides is 2. The zero-order chi connectivity index (χ0) is 28.6. The van der Waals surface area contributed by atoms with E-state index < -0.39 is 17.8 Å². The van der Waals surface area contributed by atoms with Crippen LogP contribution in [0.5, 0.6) is 0 Å². The smallest absolute Gasteiger partial charge is 0.416 e. The van der Waals surface area contributed by atoms with Gasteiger partial charge in [0.25, 0.3) is 0 Å². The molecule has 1 aliphatic rings. The van der Waals surface area contributed by atoms with E-state index in [9.17, 15) is 18.0 Å². The highest BCUT2D eigenvalue weighted by molar-refractivity contribution is 6.04. The van der Waals surface area contributed by atoms with Crippen molar-refractivity contribution in [1.82, 2.24) is 15.0 Å². The number of nitrogens with zero attached hydrogens (tertiary/aromatic N) is 4. The Morgan fingerprint density at radius 2 is 1.61 bits per heavy atom. The van der Waals surface area contributed by atoms with Gasteiger partial charge in [-0.15, -0.1) is 0 Å². The molecule has 1 saturated carbocycles. The summed E-state index contributed by atoms with van der Waals surface area (Å²) in [5, 5.41) is 2.93. The van der Waals surface area contributed by atoms with Gasteiger partial charge in [-0.05, 0) is 61.7 Å². The number of carbonyl (C=O) groups is 1. The van der Waals surface area contributed by atoms with Crippen LogP contribution < -0.4 is 16.0 Å². The van der Waals surface area contributed by atoms with E-state index >= 15 is 0 Å². The summed E-state index contributed by atoms with van der Waals surface area (Å²) in [6.45, 7) is 0. The van der Waals surface area contributed by atoms with Crippen molar-refractivity contribution >= 4 is 23.2 Å². The number of aromatic nitrogens is 3. The minimum atomic E-state index is -4.50. The normalized spacial score (nSPS) is 13.5. The van der Waals surface area contributed by atoms with Gasteiger partial charge in [0.1, 0.15) is 0 Å². The molecule has 6 rings (SSSR count). The molecule has 2 aromatic carbocycles. The Balaban J connectivity index is 1.36. The number of nitrogens with two attached hydrogens (primary N) is 1. The Hall–Kier alpha value is -5.13. The average Bonchev–Trinajstić information content (AvgIpc) is 3.66. The van der Waals surface area contributed by atoms with E-state index in [0.29, 0.717) is 28.3 Å². The number of benzene rings is 2. The number of alkyl halides is 3. The number of oxazole rings is 2. The fraction of sp³-hybridized carbons (Fsp3) is 0.172. The van der Waals surface area contributed by atoms with Gasteiger partial charge in [-0.2, -0.15) is 13.2 Å². The third-order valence-electron chi connectivity index (χ3n) is 6.90. The van der Waals surface area contributed by atoms with E-state index in [4.69, 9.17) is 14.6 Å². The largest absolute Gasteiger partial charge is 0.444 e. The summed E-state index contributed by atoms with van der Waals surface area (Å²) in [6.07, 6.45) is 3.57. The molecule has 12 heteroatoms. The molecular weight excluding hydrogens is 537 g/mol. The van der Waals surface area contributed by atoms with Gasteiger partial charge in [-0.1, -0.05) is 12.1 Å². The molecule has 0 saturated heterocycles. The lowest BCUT2D eigenvalue weighted by molar-refractivity contribution is -0.137. The summed E-state index contributed by atoms with van der Waals surface area (Å²) in [4.78, 5) is 27.8. The minimum absolute atomic E-state index is 0.170. The van der Waals surface area contributed by atoms with Crippen molar-refractivity contribution in [2.24, 2.45) is 0 Å². The molecule has 41 heavy (non-hydrogen) atoms. The fourth-order valence-electron chi connectivity index (χ4n) is 4.63. The number of nitrogens with one attached hydrogen (secondary N) is 1. The molecule has 0 radical (unpaired) electrons. The van der Waals surface area contributed by atoms with Crippen LogP contribution in [0.25, 0.3) is 33.9 Å². The van der Waals surface area contributed by atoms with Gasteiger partial charge in [0.05, 0.1) is 29.3 Å². The molecular formula is C29H23F3N6O3. The predicted molar refractivity (Wildman–Crippen MR) is 146 cm³/mol. The molecule has 0 bridgehead atoms. The molecule has 1 fully saturated rings. The van der Waals surface area contributed by atoms with Crippen molar-refractivity contribution in [3.05, 3.63) is 85.3 Å². The van der Waals surface area contributed by atoms with Crippen molar-refractivity contribution < 1.29 is 26.8 Å². The molecule has 3 N–H and O–H groups in total. The summed E-state index contributed by atoms with van der Waals surface area (Å²) in [5.74, 6) is 1.14. The van der Waals surface area contributed by atoms with Crippen LogP contribution in [0, 0.1) is 0 Å². The number of anilines is 3. The third kappa shape index (κ3) is 5.36. The second-order valence-corrected chi connectivity index (χ2v) is 9.60. The SMILES string of the molecule is Nc1ccc(-c2cccc(C(F)(F)F)c2)nc1N(C(=O)Nc1cc(-c2cnco2)cc(-c2cnco2)c1)C1CCC1. The monoisotopic (exact) mass is 560 g/mol. The lowest BCUT2D eigenvalue weighted by atomic mass is 9.91. The predicted octanol–water partition coefficient (Wildman–Crippen LogP) is 7.25. The van der Waals surface area contributed by atoms with E-state index in [0.717, 1.165) is 31.4 Å². The maximum absolute atomic E-state index is 13.8. The van der Waals surface area contributed by atoms with Crippen LogP contribution in [0.2, 0.25) is 0 Å². The summed E-state index contributed by atoms with van der Waals surface area (Å²) >= 11 is 0. The van der Waals surface area contributed by atoms with Crippen LogP contribution in [-0.4, -0.2) is 27.0 Å². The second-order valence-electron chi connectivity index (χ2n) is 9.60. The Morgan fingerprint density at radius 3 is 2.17 bits per heavy atom. The second kappa shape index (κ2) is 10.5. The molecule has 5 aromatic rings. The number of hydrogen-bond acceptors (Lipinski definition) is 7. The van der Waals surface area contributed by atoms with Gasteiger partial charge in [-0.25, -0.2) is 19.7 Å². The van der Waals surface area contributed by atoms with Crippen molar-refractivity contribution in [2.45, 2.75) is 31.5 Å². The number of halogens is 3. The van der Waals surface area contributed by atoms with Crippen LogP contribution >= 0.6 is 0 Å². The zero-order valence-electron chi connectivity index (χ0n) is 21.4. The number of nitrogen functional groups attached to an aromatic ring is 1. The maximum atomic E-state index is 13.8. The van der Waals surface area contributed by atoms with Crippen molar-refractivity contribution in [3.8, 4) is 33.9 Å². The topological polar surface area (TPSA) is 123 Å². The first-order valence-corrected chi connectivity index (χ1v) is 12.7. The standard InChI is InChI=1S/C29H23F3N6O3/c30-29(31,32)20-4-1-3-17(10-20)24-8-7-23(33)27(37-24)38(22-5-2-6-22)28(39)36-21-11-18(25-13-34-15-40-25)9-19(12-21)26-14-35-16-41-26/h1,3-4,7-16,22H,2,5-6,33H2,(H,36,39). The number of rotatable bonds is 6. The molecule has 3 aromatic heterocycles. The Labute approximate surface area is 231 Å². The van der Waals surface area contributed by atoms with Gasteiger partial charge >= 0.3 is 12.2 Å². The summed E-state index contributed by atoms with van der Waals surface area (Å²) < 4.78 is 50.9. The molecule has 3 heterocycles. The molecule has 2 amide bonds. The summed E-state index contributed by atoms with van der Waals surface area (Å²) in [5.41, 5.74) is 7.96. The lowest BCUT2D eigenvalue weighted by Crippen LogP contribution is -2.47. The zero-order valence-corrected chi connectivity index (χ0v) is 21.4. The third-order valence-corrected chi connectivity index (χ3v) is 6.90. The molecule has 208 valence electrons. The van der Waals surface area contributed by atoms with Gasteiger partial charge < -0.3 is 19.9 Å². The lowest BCUT2D eigenvalue weighted by Gasteiger charge is -2.37. The van der Waals surface area contributed by atoms with Crippen molar-refractivity contribution in [3.63, 3.8) is 0 Å². The quantitative estimate of drug-likeness (QED) is 0.224. The van der Waals surface area contributed by atoms with Gasteiger partial charge in [0, 0.05) is 28.4 Å². The van der Waals surface area contributed by atoms with Crippen LogP contribution in [0.3, 0.4) is 0 Å². The van der Waals surface area contributed by atoms with E-state index in [-0.39, 0.29) is 28.8 Å². The molecule has 9 nitrogen and oxygen atoms in total. The maximum Gasteiger partial charge on any atom is 0.416 e. The van der Waals surface area contributed by atoms with Gasteiger partial charge in [-0.3, -0.25) is 4.90 Å². The van der Waals surface area contributed by atoms with Crippen LogP contribution in [-0.2, 0) is 6.18 Å². The molecule has 0 atom stereocenters. The molecule has 1 aliphatic carbocycles. The van der Waals surface area contributed by atoms with E-state index in [1.165, 1.54) is 35.9 Å². The first-order valence-electron chi connectivity index (χ1n) is 12.7. The fourth-order valence-corrected chi connectivity index (χ4v) is 4.63. The van der Waals surface area contributed by atoms with Crippen molar-refractivity contribution in [1.29, 1.82) is 0 Å². The minimum Gasteiger partial charge on any atom is -0.444 e. The van der Waals surface area contributed by atoms with E-state index in [1.54, 1.807) is 30.6 Å². The number of urea groups is 1. The van der Waals surface area contributed by atoms with E-state index in [1.807, 2.05) is 6.07 Å². The van der Waals surface area contributed by atoms with Crippen LogP contribution in [0.4, 0.5) is 35.2 Å². The molecule has 0 unspecified atom stereocenters.